The van der Waals surface area contributed by atoms with Crippen molar-refractivity contribution in [2.45, 2.75) is 51.5 Å². The summed E-state index contributed by atoms with van der Waals surface area (Å²) >= 11 is 1.70. The zero-order valence-electron chi connectivity index (χ0n) is 18.2. The molecule has 6 nitrogen and oxygen atoms in total. The first kappa shape index (κ1) is 20.8. The van der Waals surface area contributed by atoms with Gasteiger partial charge in [-0.2, -0.15) is 4.98 Å². The number of amides is 1. The van der Waals surface area contributed by atoms with E-state index in [0.29, 0.717) is 24.6 Å². The minimum absolute atomic E-state index is 0.0592. The van der Waals surface area contributed by atoms with Gasteiger partial charge in [-0.25, -0.2) is 4.98 Å². The average Bonchev–Trinajstić information content (AvgIpc) is 3.50. The number of carbonyl (C=O) groups excluding carboxylic acids is 1. The van der Waals surface area contributed by atoms with Crippen molar-refractivity contribution in [3.8, 4) is 11.4 Å². The molecule has 0 bridgehead atoms. The molecule has 0 N–H and O–H groups in total. The van der Waals surface area contributed by atoms with E-state index in [1.54, 1.807) is 11.3 Å². The molecule has 1 fully saturated rings. The molecule has 2 aromatic heterocycles. The molecule has 7 heteroatoms. The highest BCUT2D eigenvalue weighted by Gasteiger charge is 2.30. The maximum absolute atomic E-state index is 13.1. The van der Waals surface area contributed by atoms with Crippen LogP contribution in [0.4, 0.5) is 0 Å². The van der Waals surface area contributed by atoms with Gasteiger partial charge in [0.05, 0.1) is 16.3 Å². The summed E-state index contributed by atoms with van der Waals surface area (Å²) in [5.41, 5.74) is 3.21. The fraction of sp³-hybridized carbons (Fsp3) is 0.360. The zero-order chi connectivity index (χ0) is 21.9. The van der Waals surface area contributed by atoms with Crippen molar-refractivity contribution in [3.63, 3.8) is 0 Å². The zero-order valence-corrected chi connectivity index (χ0v) is 19.0. The van der Waals surface area contributed by atoms with Gasteiger partial charge in [0.25, 0.3) is 0 Å². The first-order valence-electron chi connectivity index (χ1n) is 11.3. The Bertz CT molecular complexity index is 1180. The van der Waals surface area contributed by atoms with Crippen LogP contribution in [0.2, 0.25) is 0 Å². The van der Waals surface area contributed by atoms with Gasteiger partial charge in [-0.15, -0.1) is 11.3 Å². The molecule has 5 rings (SSSR count). The second-order valence-electron chi connectivity index (χ2n) is 8.18. The van der Waals surface area contributed by atoms with Crippen LogP contribution >= 0.6 is 11.3 Å². The Morgan fingerprint density at radius 3 is 2.78 bits per heavy atom. The highest BCUT2D eigenvalue weighted by molar-refractivity contribution is 7.18. The molecular formula is C25H26N4O2S. The Labute approximate surface area is 191 Å². The third-order valence-electron chi connectivity index (χ3n) is 6.06. The lowest BCUT2D eigenvalue weighted by molar-refractivity contribution is -0.135. The van der Waals surface area contributed by atoms with Crippen LogP contribution in [-0.4, -0.2) is 32.5 Å². The predicted octanol–water partition coefficient (Wildman–Crippen LogP) is 5.60. The predicted molar refractivity (Wildman–Crippen MR) is 125 cm³/mol. The maximum atomic E-state index is 13.1. The topological polar surface area (TPSA) is 72.1 Å². The Morgan fingerprint density at radius 2 is 1.97 bits per heavy atom. The molecule has 1 amide bonds. The van der Waals surface area contributed by atoms with E-state index in [2.05, 4.69) is 35.3 Å². The molecule has 3 heterocycles. The minimum Gasteiger partial charge on any atom is -0.339 e. The fourth-order valence-corrected chi connectivity index (χ4v) is 5.36. The lowest BCUT2D eigenvalue weighted by atomic mass is 10.0. The smallest absolute Gasteiger partial charge is 0.227 e. The van der Waals surface area contributed by atoms with Crippen LogP contribution in [0.25, 0.3) is 21.6 Å². The van der Waals surface area contributed by atoms with Crippen molar-refractivity contribution in [2.75, 3.05) is 6.54 Å². The van der Waals surface area contributed by atoms with Crippen molar-refractivity contribution in [2.24, 2.45) is 0 Å². The number of piperidine rings is 1. The van der Waals surface area contributed by atoms with Crippen LogP contribution in [0, 0.1) is 0 Å². The van der Waals surface area contributed by atoms with Crippen LogP contribution in [0.1, 0.15) is 55.1 Å². The van der Waals surface area contributed by atoms with Gasteiger partial charge in [0, 0.05) is 24.9 Å². The Hall–Kier alpha value is -3.06. The third-order valence-corrected chi connectivity index (χ3v) is 7.20. The van der Waals surface area contributed by atoms with E-state index < -0.39 is 0 Å². The van der Waals surface area contributed by atoms with Gasteiger partial charge in [-0.05, 0) is 43.4 Å². The molecule has 0 aliphatic carbocycles. The molecule has 2 aromatic carbocycles. The number of hydrogen-bond donors (Lipinski definition) is 0. The number of aryl methyl sites for hydroxylation is 2. The Morgan fingerprint density at radius 1 is 1.12 bits per heavy atom. The summed E-state index contributed by atoms with van der Waals surface area (Å²) in [6, 6.07) is 16.4. The number of rotatable bonds is 6. The van der Waals surface area contributed by atoms with Crippen molar-refractivity contribution < 1.29 is 9.32 Å². The quantitative estimate of drug-likeness (QED) is 0.386. The summed E-state index contributed by atoms with van der Waals surface area (Å²) in [5, 5.41) is 5.14. The number of fused-ring (bicyclic) bond motifs is 1. The van der Waals surface area contributed by atoms with E-state index in [4.69, 9.17) is 9.51 Å². The van der Waals surface area contributed by atoms with Crippen LogP contribution in [0.3, 0.4) is 0 Å². The van der Waals surface area contributed by atoms with Gasteiger partial charge in [-0.3, -0.25) is 4.79 Å². The van der Waals surface area contributed by atoms with E-state index in [1.165, 1.54) is 10.3 Å². The normalized spacial score (nSPS) is 16.5. The van der Waals surface area contributed by atoms with Crippen LogP contribution in [0.5, 0.6) is 0 Å². The summed E-state index contributed by atoms with van der Waals surface area (Å²) < 4.78 is 6.59. The molecule has 1 saturated heterocycles. The lowest BCUT2D eigenvalue weighted by Crippen LogP contribution is -2.38. The first-order chi connectivity index (χ1) is 15.7. The maximum Gasteiger partial charge on any atom is 0.227 e. The second-order valence-corrected chi connectivity index (χ2v) is 9.24. The number of thiazole rings is 1. The van der Waals surface area contributed by atoms with Crippen molar-refractivity contribution in [3.05, 3.63) is 65.0 Å². The fourth-order valence-electron chi connectivity index (χ4n) is 4.24. The molecule has 0 saturated carbocycles. The molecular weight excluding hydrogens is 420 g/mol. The van der Waals surface area contributed by atoms with Gasteiger partial charge in [0.1, 0.15) is 5.01 Å². The van der Waals surface area contributed by atoms with E-state index in [1.807, 2.05) is 35.2 Å². The van der Waals surface area contributed by atoms with Gasteiger partial charge < -0.3 is 9.42 Å². The summed E-state index contributed by atoms with van der Waals surface area (Å²) in [4.78, 5) is 24.5. The number of para-hydroxylation sites is 1. The third kappa shape index (κ3) is 4.30. The molecule has 164 valence electrons. The Kier molecular flexibility index (Phi) is 5.99. The highest BCUT2D eigenvalue weighted by Crippen LogP contribution is 2.36. The van der Waals surface area contributed by atoms with Crippen molar-refractivity contribution in [1.29, 1.82) is 0 Å². The van der Waals surface area contributed by atoms with Crippen molar-refractivity contribution >= 4 is 27.5 Å². The molecule has 32 heavy (non-hydrogen) atoms. The number of likely N-dealkylation sites (tertiary alicyclic amines) is 1. The minimum atomic E-state index is 0.0592. The number of benzene rings is 2. The molecule has 1 aliphatic rings. The molecule has 0 unspecified atom stereocenters. The van der Waals surface area contributed by atoms with Gasteiger partial charge in [-0.1, -0.05) is 48.5 Å². The number of nitrogens with zero attached hydrogens (tertiary/aromatic N) is 4. The molecule has 0 radical (unpaired) electrons. The standard InChI is InChI=1S/C25H26N4O2S/c1-2-17-10-12-18(13-11-17)24-27-22(31-28-24)14-15-23(30)29-16-6-5-8-20(29)25-26-19-7-3-4-9-21(19)32-25/h3-4,7,9-13,20H,2,5-6,8,14-16H2,1H3/t20-/m0/s1. The van der Waals surface area contributed by atoms with Crippen LogP contribution in [0.15, 0.2) is 53.1 Å². The summed E-state index contributed by atoms with van der Waals surface area (Å²) in [6.45, 7) is 2.90. The number of carbonyl (C=O) groups is 1. The SMILES string of the molecule is CCc1ccc(-c2noc(CCC(=O)N3CCCC[C@H]3c3nc4ccccc4s3)n2)cc1. The van der Waals surface area contributed by atoms with Gasteiger partial charge in [0.15, 0.2) is 0 Å². The largest absolute Gasteiger partial charge is 0.339 e. The van der Waals surface area contributed by atoms with Gasteiger partial charge in [0.2, 0.25) is 17.6 Å². The average molecular weight is 447 g/mol. The van der Waals surface area contributed by atoms with E-state index in [0.717, 1.165) is 48.3 Å². The van der Waals surface area contributed by atoms with E-state index in [-0.39, 0.29) is 11.9 Å². The molecule has 1 atom stereocenters. The van der Waals surface area contributed by atoms with Crippen LogP contribution in [-0.2, 0) is 17.6 Å². The number of hydrogen-bond acceptors (Lipinski definition) is 6. The lowest BCUT2D eigenvalue weighted by Gasteiger charge is -2.34. The van der Waals surface area contributed by atoms with Crippen LogP contribution < -0.4 is 0 Å². The van der Waals surface area contributed by atoms with Gasteiger partial charge >= 0.3 is 0 Å². The Balaban J connectivity index is 1.26. The first-order valence-corrected chi connectivity index (χ1v) is 12.1. The molecule has 1 aliphatic heterocycles. The second kappa shape index (κ2) is 9.20. The molecule has 0 spiro atoms. The summed E-state index contributed by atoms with van der Waals surface area (Å²) in [7, 11) is 0. The molecule has 4 aromatic rings. The van der Waals surface area contributed by atoms with E-state index in [9.17, 15) is 4.79 Å². The summed E-state index contributed by atoms with van der Waals surface area (Å²) in [6.07, 6.45) is 4.91. The highest BCUT2D eigenvalue weighted by atomic mass is 32.1. The van der Waals surface area contributed by atoms with Crippen molar-refractivity contribution in [1.82, 2.24) is 20.0 Å². The number of aromatic nitrogens is 3. The van der Waals surface area contributed by atoms with E-state index >= 15 is 0 Å². The monoisotopic (exact) mass is 446 g/mol. The summed E-state index contributed by atoms with van der Waals surface area (Å²) in [5.74, 6) is 1.20.